The summed E-state index contributed by atoms with van der Waals surface area (Å²) in [4.78, 5) is 11.2. The Morgan fingerprint density at radius 2 is 1.87 bits per heavy atom. The van der Waals surface area contributed by atoms with Gasteiger partial charge >= 0.3 is 0 Å². The molecule has 0 aromatic carbocycles. The van der Waals surface area contributed by atoms with E-state index in [9.17, 15) is 4.79 Å². The first kappa shape index (κ1) is 21.9. The van der Waals surface area contributed by atoms with Gasteiger partial charge in [-0.2, -0.15) is 9.13 Å². The fourth-order valence-corrected chi connectivity index (χ4v) is 1.81. The van der Waals surface area contributed by atoms with E-state index < -0.39 is 0 Å². The number of nitrogens with zero attached hydrogens (tertiary/aromatic N) is 3. The predicted octanol–water partition coefficient (Wildman–Crippen LogP) is -5.09. The monoisotopic (exact) mass is 541 g/mol. The third-order valence-electron chi connectivity index (χ3n) is 2.93. The molecule has 0 fully saturated rings. The van der Waals surface area contributed by atoms with E-state index in [0.717, 1.165) is 5.69 Å². The number of ether oxygens (including phenoxy) is 1. The molecular weight excluding hydrogens is 524 g/mol. The van der Waals surface area contributed by atoms with Gasteiger partial charge < -0.3 is 53.2 Å². The zero-order valence-electron chi connectivity index (χ0n) is 12.5. The molecule has 0 atom stereocenters. The van der Waals surface area contributed by atoms with Gasteiger partial charge in [0.25, 0.3) is 13.5 Å². The maximum absolute atomic E-state index is 11.2. The molecule has 1 N–H and O–H groups in total. The molecule has 8 heteroatoms. The van der Waals surface area contributed by atoms with Crippen LogP contribution in [0.5, 0.6) is 0 Å². The Bertz CT molecular complexity index is 649. The van der Waals surface area contributed by atoms with Crippen molar-refractivity contribution in [3.63, 3.8) is 0 Å². The van der Waals surface area contributed by atoms with Gasteiger partial charge in [0.1, 0.15) is 6.21 Å². The third kappa shape index (κ3) is 6.87. The summed E-state index contributed by atoms with van der Waals surface area (Å²) >= 11 is 0. The summed E-state index contributed by atoms with van der Waals surface area (Å²) in [5, 5.41) is 11.6. The van der Waals surface area contributed by atoms with Gasteiger partial charge in [0.05, 0.1) is 0 Å². The Balaban J connectivity index is 0.00000242. The molecule has 0 saturated heterocycles. The van der Waals surface area contributed by atoms with E-state index in [1.165, 1.54) is 13.1 Å². The number of carbonyl (C=O) groups is 1. The number of halogens is 2. The van der Waals surface area contributed by atoms with Crippen LogP contribution in [0.2, 0.25) is 0 Å². The average molecular weight is 541 g/mol. The Kier molecular flexibility index (Phi) is 10.8. The topological polar surface area (TPSA) is 66.7 Å². The smallest absolute Gasteiger partial charge is 0.258 e. The lowest BCUT2D eigenvalue weighted by molar-refractivity contribution is -0.788. The highest BCUT2D eigenvalue weighted by molar-refractivity contribution is 5.93. The molecule has 0 aliphatic rings. The Morgan fingerprint density at radius 1 is 1.17 bits per heavy atom. The van der Waals surface area contributed by atoms with Gasteiger partial charge in [0.2, 0.25) is 5.69 Å². The highest BCUT2D eigenvalue weighted by Gasteiger charge is 2.09. The van der Waals surface area contributed by atoms with E-state index in [2.05, 4.69) is 5.16 Å². The second-order valence-electron chi connectivity index (χ2n) is 4.46. The second kappa shape index (κ2) is 11.4. The van der Waals surface area contributed by atoms with E-state index in [-0.39, 0.29) is 53.7 Å². The third-order valence-corrected chi connectivity index (χ3v) is 2.93. The maximum Gasteiger partial charge on any atom is 0.258 e. The number of hydrogen-bond acceptors (Lipinski definition) is 4. The molecule has 124 valence electrons. The molecule has 23 heavy (non-hydrogen) atoms. The predicted molar refractivity (Wildman–Crippen MR) is 73.7 cm³/mol. The number of ketones is 1. The molecule has 0 saturated carbocycles. The minimum atomic E-state index is 0. The van der Waals surface area contributed by atoms with E-state index >= 15 is 0 Å². The zero-order chi connectivity index (χ0) is 15.1. The molecule has 2 heterocycles. The molecule has 6 nitrogen and oxygen atoms in total. The first-order chi connectivity index (χ1) is 10.2. The summed E-state index contributed by atoms with van der Waals surface area (Å²) in [5.41, 5.74) is 1.40. The molecule has 0 amide bonds. The number of oxime groups is 1. The van der Waals surface area contributed by atoms with Gasteiger partial charge in [-0.1, -0.05) is 5.16 Å². The van der Waals surface area contributed by atoms with Crippen molar-refractivity contribution in [2.45, 2.75) is 20.4 Å². The Hall–Kier alpha value is -1.14. The van der Waals surface area contributed by atoms with Crippen LogP contribution < -0.4 is 57.1 Å². The average Bonchev–Trinajstić information content (AvgIpc) is 2.50. The largest absolute Gasteiger partial charge is 1.00 e. The molecule has 2 rings (SSSR count). The molecule has 2 aromatic rings. The van der Waals surface area contributed by atoms with Crippen LogP contribution in [0.4, 0.5) is 0 Å². The zero-order valence-corrected chi connectivity index (χ0v) is 16.8. The second-order valence-corrected chi connectivity index (χ2v) is 4.46. The Morgan fingerprint density at radius 3 is 2.48 bits per heavy atom. The number of rotatable bonds is 6. The minimum Gasteiger partial charge on any atom is -1.00 e. The van der Waals surface area contributed by atoms with Gasteiger partial charge in [-0.25, -0.2) is 0 Å². The van der Waals surface area contributed by atoms with E-state index in [4.69, 9.17) is 9.94 Å². The first-order valence-corrected chi connectivity index (χ1v) is 6.44. The van der Waals surface area contributed by atoms with Crippen molar-refractivity contribution < 1.29 is 71.8 Å². The van der Waals surface area contributed by atoms with Gasteiger partial charge in [0, 0.05) is 29.8 Å². The minimum absolute atomic E-state index is 0. The molecule has 0 aliphatic carbocycles. The van der Waals surface area contributed by atoms with Gasteiger partial charge in [-0.3, -0.25) is 9.53 Å². The van der Waals surface area contributed by atoms with E-state index in [1.54, 1.807) is 24.5 Å². The van der Waals surface area contributed by atoms with E-state index in [0.29, 0.717) is 19.0 Å². The maximum atomic E-state index is 11.2. The lowest BCUT2D eigenvalue weighted by Crippen LogP contribution is -3.00. The fraction of sp³-hybridized carbons (Fsp3) is 0.200. The van der Waals surface area contributed by atoms with Crippen LogP contribution in [0.25, 0.3) is 0 Å². The van der Waals surface area contributed by atoms with Gasteiger partial charge in [0.15, 0.2) is 24.4 Å². The SMILES string of the molecule is CC(=O)c1cc[n+](COC[n+]2ccccc2C=NO)cc1.[I-].[I-]. The van der Waals surface area contributed by atoms with E-state index in [1.807, 2.05) is 33.5 Å². The summed E-state index contributed by atoms with van der Waals surface area (Å²) in [6.07, 6.45) is 6.77. The fourth-order valence-electron chi connectivity index (χ4n) is 1.81. The van der Waals surface area contributed by atoms with Crippen molar-refractivity contribution in [3.8, 4) is 0 Å². The van der Waals surface area contributed by atoms with Gasteiger partial charge in [-0.05, 0) is 13.0 Å². The number of aromatic nitrogens is 2. The normalized spacial score (nSPS) is 9.96. The molecule has 0 unspecified atom stereocenters. The summed E-state index contributed by atoms with van der Waals surface area (Å²) in [6, 6.07) is 9.05. The molecule has 0 aliphatic heterocycles. The van der Waals surface area contributed by atoms with Crippen molar-refractivity contribution in [3.05, 3.63) is 60.2 Å². The van der Waals surface area contributed by atoms with Crippen LogP contribution in [0.3, 0.4) is 0 Å². The molecule has 2 aromatic heterocycles. The lowest BCUT2D eigenvalue weighted by atomic mass is 10.2. The van der Waals surface area contributed by atoms with Crippen molar-refractivity contribution in [2.24, 2.45) is 5.16 Å². The number of pyridine rings is 2. The molecule has 0 spiro atoms. The quantitative estimate of drug-likeness (QED) is 0.0996. The van der Waals surface area contributed by atoms with Crippen LogP contribution in [0.1, 0.15) is 23.0 Å². The van der Waals surface area contributed by atoms with Crippen LogP contribution in [0, 0.1) is 0 Å². The Labute approximate surface area is 168 Å². The summed E-state index contributed by atoms with van der Waals surface area (Å²) < 4.78 is 9.23. The van der Waals surface area contributed by atoms with Crippen LogP contribution in [0.15, 0.2) is 54.1 Å². The molecule has 0 bridgehead atoms. The van der Waals surface area contributed by atoms with Crippen molar-refractivity contribution in [1.29, 1.82) is 0 Å². The number of hydrogen-bond donors (Lipinski definition) is 1. The summed E-state index contributed by atoms with van der Waals surface area (Å²) in [5.74, 6) is 0.0378. The summed E-state index contributed by atoms with van der Waals surface area (Å²) in [6.45, 7) is 2.21. The van der Waals surface area contributed by atoms with Crippen molar-refractivity contribution in [2.75, 3.05) is 0 Å². The standard InChI is InChI=1S/C15H16N3O3.2HI/c1-13(19)14-5-8-17(9-6-14)11-21-12-18-7-3-2-4-15(18)10-16-20;;/h2-10H,11-12H2,1H3;2*1H/q+1;;/p-1. The summed E-state index contributed by atoms with van der Waals surface area (Å²) in [7, 11) is 0. The first-order valence-electron chi connectivity index (χ1n) is 6.44. The highest BCUT2D eigenvalue weighted by atomic mass is 127. The van der Waals surface area contributed by atoms with Crippen LogP contribution in [-0.4, -0.2) is 17.2 Å². The van der Waals surface area contributed by atoms with Crippen molar-refractivity contribution in [1.82, 2.24) is 0 Å². The van der Waals surface area contributed by atoms with Gasteiger partial charge in [-0.15, -0.1) is 0 Å². The number of Topliss-reactive ketones (excluding diaryl/α,β-unsaturated/α-hetero) is 1. The van der Waals surface area contributed by atoms with Crippen molar-refractivity contribution >= 4 is 12.0 Å². The molecular formula is C15H17I2N3O3. The lowest BCUT2D eigenvalue weighted by Gasteiger charge is -2.00. The highest BCUT2D eigenvalue weighted by Crippen LogP contribution is 1.95. The van der Waals surface area contributed by atoms with Crippen LogP contribution in [-0.2, 0) is 18.2 Å². The number of carbonyl (C=O) groups excluding carboxylic acids is 1. The van der Waals surface area contributed by atoms with Crippen LogP contribution >= 0.6 is 0 Å². The molecule has 0 radical (unpaired) electrons.